The van der Waals surface area contributed by atoms with Crippen LogP contribution in [-0.4, -0.2) is 57.5 Å². The molecular formula is C21H36N4O. The Bertz CT molecular complexity index is 574. The summed E-state index contributed by atoms with van der Waals surface area (Å²) in [6, 6.07) is 0.211. The number of hydrogen-bond acceptors (Lipinski definition) is 3. The van der Waals surface area contributed by atoms with E-state index in [9.17, 15) is 4.79 Å². The smallest absolute Gasteiger partial charge is 0.245 e. The van der Waals surface area contributed by atoms with Crippen molar-refractivity contribution in [1.82, 2.24) is 19.4 Å². The van der Waals surface area contributed by atoms with Gasteiger partial charge in [-0.2, -0.15) is 0 Å². The molecule has 0 spiro atoms. The molecule has 0 N–H and O–H groups in total. The fourth-order valence-corrected chi connectivity index (χ4v) is 4.56. The Labute approximate surface area is 158 Å². The summed E-state index contributed by atoms with van der Waals surface area (Å²) < 4.78 is 2.07. The first-order valence-corrected chi connectivity index (χ1v) is 10.6. The van der Waals surface area contributed by atoms with Crippen LogP contribution in [0.3, 0.4) is 0 Å². The highest BCUT2D eigenvalue weighted by molar-refractivity contribution is 5.80. The van der Waals surface area contributed by atoms with Crippen LogP contribution >= 0.6 is 0 Å². The van der Waals surface area contributed by atoms with Gasteiger partial charge in [0.1, 0.15) is 11.9 Å². The standard InChI is InChI=1S/C21H36N4O/c1-17(2)20-22-11-15-24(20)18(3)21(26)25-14-9-6-10-19(25)16-23-12-7-4-5-8-13-23/h11,15,17-19H,4-10,12-14,16H2,1-3H3. The van der Waals surface area contributed by atoms with Gasteiger partial charge >= 0.3 is 0 Å². The Morgan fingerprint density at radius 3 is 2.46 bits per heavy atom. The predicted molar refractivity (Wildman–Crippen MR) is 105 cm³/mol. The Balaban J connectivity index is 1.69. The zero-order chi connectivity index (χ0) is 18.5. The molecule has 5 nitrogen and oxygen atoms in total. The van der Waals surface area contributed by atoms with Gasteiger partial charge in [-0.25, -0.2) is 4.98 Å². The van der Waals surface area contributed by atoms with Gasteiger partial charge in [0.15, 0.2) is 0 Å². The van der Waals surface area contributed by atoms with E-state index < -0.39 is 0 Å². The minimum absolute atomic E-state index is 0.167. The Kier molecular flexibility index (Phi) is 6.74. The van der Waals surface area contributed by atoms with Crippen LogP contribution < -0.4 is 0 Å². The van der Waals surface area contributed by atoms with E-state index >= 15 is 0 Å². The van der Waals surface area contributed by atoms with Crippen molar-refractivity contribution in [2.45, 2.75) is 83.7 Å². The van der Waals surface area contributed by atoms with Gasteiger partial charge in [-0.05, 0) is 52.1 Å². The maximum Gasteiger partial charge on any atom is 0.245 e. The van der Waals surface area contributed by atoms with E-state index in [0.717, 1.165) is 31.8 Å². The molecule has 146 valence electrons. The van der Waals surface area contributed by atoms with Crippen LogP contribution in [0.5, 0.6) is 0 Å². The van der Waals surface area contributed by atoms with E-state index in [0.29, 0.717) is 12.0 Å². The van der Waals surface area contributed by atoms with Crippen molar-refractivity contribution in [1.29, 1.82) is 0 Å². The second kappa shape index (κ2) is 9.03. The molecule has 2 atom stereocenters. The lowest BCUT2D eigenvalue weighted by Gasteiger charge is -2.40. The molecule has 5 heteroatoms. The van der Waals surface area contributed by atoms with Crippen molar-refractivity contribution in [2.24, 2.45) is 0 Å². The fourth-order valence-electron chi connectivity index (χ4n) is 4.56. The third-order valence-corrected chi connectivity index (χ3v) is 6.07. The zero-order valence-electron chi connectivity index (χ0n) is 16.9. The summed E-state index contributed by atoms with van der Waals surface area (Å²) in [5, 5.41) is 0. The molecule has 2 fully saturated rings. The van der Waals surface area contributed by atoms with E-state index in [1.807, 2.05) is 19.3 Å². The molecule has 1 aromatic rings. The van der Waals surface area contributed by atoms with Crippen molar-refractivity contribution >= 4 is 5.91 Å². The van der Waals surface area contributed by atoms with E-state index in [-0.39, 0.29) is 11.9 Å². The highest BCUT2D eigenvalue weighted by Gasteiger charge is 2.32. The number of likely N-dealkylation sites (tertiary alicyclic amines) is 2. The molecule has 2 saturated heterocycles. The molecule has 2 aliphatic rings. The average molecular weight is 361 g/mol. The lowest BCUT2D eigenvalue weighted by Crippen LogP contribution is -2.51. The molecule has 1 amide bonds. The monoisotopic (exact) mass is 360 g/mol. The third-order valence-electron chi connectivity index (χ3n) is 6.07. The molecule has 0 radical (unpaired) electrons. The average Bonchev–Trinajstić information content (AvgIpc) is 3.00. The topological polar surface area (TPSA) is 41.4 Å². The summed E-state index contributed by atoms with van der Waals surface area (Å²) in [6.07, 6.45) is 12.7. The molecule has 0 aliphatic carbocycles. The van der Waals surface area contributed by atoms with E-state index in [4.69, 9.17) is 0 Å². The van der Waals surface area contributed by atoms with Crippen molar-refractivity contribution in [3.05, 3.63) is 18.2 Å². The van der Waals surface area contributed by atoms with Gasteiger partial charge in [-0.15, -0.1) is 0 Å². The van der Waals surface area contributed by atoms with Gasteiger partial charge in [-0.1, -0.05) is 26.7 Å². The summed E-state index contributed by atoms with van der Waals surface area (Å²) in [4.78, 5) is 22.6. The quantitative estimate of drug-likeness (QED) is 0.801. The lowest BCUT2D eigenvalue weighted by molar-refractivity contribution is -0.138. The molecule has 2 unspecified atom stereocenters. The number of imidazole rings is 1. The number of aromatic nitrogens is 2. The summed E-state index contributed by atoms with van der Waals surface area (Å²) in [6.45, 7) is 10.7. The number of carbonyl (C=O) groups excluding carboxylic acids is 1. The number of carbonyl (C=O) groups is 1. The van der Waals surface area contributed by atoms with Crippen molar-refractivity contribution in [3.63, 3.8) is 0 Å². The number of piperidine rings is 1. The van der Waals surface area contributed by atoms with Crippen LogP contribution in [-0.2, 0) is 4.79 Å². The van der Waals surface area contributed by atoms with Crippen LogP contribution in [0.4, 0.5) is 0 Å². The molecule has 2 aliphatic heterocycles. The first kappa shape index (κ1) is 19.4. The number of amides is 1. The first-order valence-electron chi connectivity index (χ1n) is 10.6. The summed E-state index contributed by atoms with van der Waals surface area (Å²) >= 11 is 0. The van der Waals surface area contributed by atoms with Gasteiger partial charge in [0.2, 0.25) is 5.91 Å². The van der Waals surface area contributed by atoms with Crippen molar-refractivity contribution < 1.29 is 4.79 Å². The predicted octanol–water partition coefficient (Wildman–Crippen LogP) is 3.82. The van der Waals surface area contributed by atoms with Gasteiger partial charge in [0, 0.05) is 37.4 Å². The van der Waals surface area contributed by atoms with Crippen LogP contribution in [0, 0.1) is 0 Å². The van der Waals surface area contributed by atoms with Gasteiger partial charge in [0.25, 0.3) is 0 Å². The minimum atomic E-state index is -0.167. The molecule has 0 aromatic carbocycles. The molecule has 0 bridgehead atoms. The summed E-state index contributed by atoms with van der Waals surface area (Å²) in [7, 11) is 0. The van der Waals surface area contributed by atoms with E-state index in [1.54, 1.807) is 0 Å². The Morgan fingerprint density at radius 2 is 1.77 bits per heavy atom. The van der Waals surface area contributed by atoms with Crippen molar-refractivity contribution in [3.8, 4) is 0 Å². The second-order valence-corrected chi connectivity index (χ2v) is 8.42. The highest BCUT2D eigenvalue weighted by Crippen LogP contribution is 2.25. The SMILES string of the molecule is CC(C)c1nccn1C(C)C(=O)N1CCCCC1CN1CCCCCC1. The molecule has 0 saturated carbocycles. The van der Waals surface area contributed by atoms with E-state index in [2.05, 4.69) is 33.2 Å². The molecule has 1 aromatic heterocycles. The zero-order valence-corrected chi connectivity index (χ0v) is 16.9. The van der Waals surface area contributed by atoms with Gasteiger partial charge < -0.3 is 14.4 Å². The summed E-state index contributed by atoms with van der Waals surface area (Å²) in [5.74, 6) is 1.60. The molecule has 3 heterocycles. The highest BCUT2D eigenvalue weighted by atomic mass is 16.2. The Morgan fingerprint density at radius 1 is 1.08 bits per heavy atom. The first-order chi connectivity index (χ1) is 12.6. The lowest BCUT2D eigenvalue weighted by atomic mass is 10.00. The Hall–Kier alpha value is -1.36. The van der Waals surface area contributed by atoms with Crippen LogP contribution in [0.1, 0.15) is 83.5 Å². The largest absolute Gasteiger partial charge is 0.337 e. The maximum atomic E-state index is 13.4. The fraction of sp³-hybridized carbons (Fsp3) is 0.810. The van der Waals surface area contributed by atoms with Crippen LogP contribution in [0.15, 0.2) is 12.4 Å². The van der Waals surface area contributed by atoms with Crippen LogP contribution in [0.25, 0.3) is 0 Å². The number of rotatable bonds is 5. The number of hydrogen-bond donors (Lipinski definition) is 0. The van der Waals surface area contributed by atoms with Crippen molar-refractivity contribution in [2.75, 3.05) is 26.2 Å². The second-order valence-electron chi connectivity index (χ2n) is 8.42. The normalized spacial score (nSPS) is 23.8. The molecule has 26 heavy (non-hydrogen) atoms. The third kappa shape index (κ3) is 4.48. The maximum absolute atomic E-state index is 13.4. The van der Waals surface area contributed by atoms with Crippen LogP contribution in [0.2, 0.25) is 0 Å². The number of nitrogens with zero attached hydrogens (tertiary/aromatic N) is 4. The van der Waals surface area contributed by atoms with E-state index in [1.165, 1.54) is 45.2 Å². The summed E-state index contributed by atoms with van der Waals surface area (Å²) in [5.41, 5.74) is 0. The minimum Gasteiger partial charge on any atom is -0.337 e. The van der Waals surface area contributed by atoms with Gasteiger partial charge in [-0.3, -0.25) is 4.79 Å². The molecule has 3 rings (SSSR count). The van der Waals surface area contributed by atoms with Gasteiger partial charge in [0.05, 0.1) is 0 Å². The molecular weight excluding hydrogens is 324 g/mol.